The summed E-state index contributed by atoms with van der Waals surface area (Å²) in [5.74, 6) is 2.39. The van der Waals surface area contributed by atoms with Crippen LogP contribution in [0.15, 0.2) is 0 Å². The maximum atomic E-state index is 6.20. The third-order valence-electron chi connectivity index (χ3n) is 3.01. The first-order valence-corrected chi connectivity index (χ1v) is 7.38. The molecular formula is C15H26ClN3. The highest BCUT2D eigenvalue weighted by Gasteiger charge is 2.20. The van der Waals surface area contributed by atoms with Gasteiger partial charge in [-0.05, 0) is 25.7 Å². The van der Waals surface area contributed by atoms with E-state index in [-0.39, 0.29) is 5.41 Å². The van der Waals surface area contributed by atoms with Crippen LogP contribution in [0.4, 0.5) is 5.82 Å². The van der Waals surface area contributed by atoms with E-state index in [1.807, 2.05) is 6.92 Å². The van der Waals surface area contributed by atoms with Crippen molar-refractivity contribution in [2.45, 2.75) is 59.8 Å². The number of hydrogen-bond acceptors (Lipinski definition) is 3. The van der Waals surface area contributed by atoms with Crippen molar-refractivity contribution in [3.63, 3.8) is 0 Å². The number of hydrogen-bond donors (Lipinski definition) is 1. The second-order valence-corrected chi connectivity index (χ2v) is 6.88. The van der Waals surface area contributed by atoms with E-state index in [2.05, 4.69) is 49.9 Å². The maximum absolute atomic E-state index is 6.20. The Morgan fingerprint density at radius 1 is 1.21 bits per heavy atom. The highest BCUT2D eigenvalue weighted by molar-refractivity contribution is 6.30. The summed E-state index contributed by atoms with van der Waals surface area (Å²) in [5.41, 5.74) is 0.838. The third-order valence-corrected chi connectivity index (χ3v) is 3.38. The van der Waals surface area contributed by atoms with Crippen molar-refractivity contribution >= 4 is 17.4 Å². The van der Waals surface area contributed by atoms with Crippen LogP contribution in [0, 0.1) is 12.8 Å². The molecule has 0 radical (unpaired) electrons. The number of nitrogens with one attached hydrogen (secondary N) is 1. The van der Waals surface area contributed by atoms with Gasteiger partial charge in [0.05, 0.1) is 0 Å². The van der Waals surface area contributed by atoms with Gasteiger partial charge in [-0.25, -0.2) is 9.97 Å². The second-order valence-electron chi connectivity index (χ2n) is 6.52. The molecule has 0 aromatic carbocycles. The zero-order valence-electron chi connectivity index (χ0n) is 13.0. The molecule has 0 aliphatic heterocycles. The van der Waals surface area contributed by atoms with Gasteiger partial charge in [-0.15, -0.1) is 0 Å². The number of halogens is 1. The van der Waals surface area contributed by atoms with E-state index in [0.29, 0.717) is 5.15 Å². The molecule has 0 amide bonds. The average molecular weight is 284 g/mol. The normalized spacial score (nSPS) is 12.0. The molecule has 0 atom stereocenters. The lowest BCUT2D eigenvalue weighted by atomic mass is 9.95. The van der Waals surface area contributed by atoms with Crippen molar-refractivity contribution < 1.29 is 0 Å². The first-order valence-electron chi connectivity index (χ1n) is 7.00. The van der Waals surface area contributed by atoms with Crippen molar-refractivity contribution in [2.75, 3.05) is 11.9 Å². The summed E-state index contributed by atoms with van der Waals surface area (Å²) in [4.78, 5) is 8.99. The van der Waals surface area contributed by atoms with Crippen molar-refractivity contribution in [3.8, 4) is 0 Å². The Morgan fingerprint density at radius 2 is 1.84 bits per heavy atom. The monoisotopic (exact) mass is 283 g/mol. The second kappa shape index (κ2) is 6.56. The van der Waals surface area contributed by atoms with E-state index in [4.69, 9.17) is 11.6 Å². The van der Waals surface area contributed by atoms with Crippen molar-refractivity contribution in [1.29, 1.82) is 0 Å². The molecular weight excluding hydrogens is 258 g/mol. The lowest BCUT2D eigenvalue weighted by Crippen LogP contribution is -2.18. The predicted molar refractivity (Wildman–Crippen MR) is 83.0 cm³/mol. The van der Waals surface area contributed by atoms with E-state index in [1.54, 1.807) is 0 Å². The first kappa shape index (κ1) is 16.2. The number of anilines is 1. The average Bonchev–Trinajstić information content (AvgIpc) is 2.27. The van der Waals surface area contributed by atoms with Crippen molar-refractivity contribution in [3.05, 3.63) is 16.5 Å². The predicted octanol–water partition coefficient (Wildman–Crippen LogP) is 4.58. The van der Waals surface area contributed by atoms with Crippen LogP contribution in [0.3, 0.4) is 0 Å². The van der Waals surface area contributed by atoms with Gasteiger partial charge in [-0.3, -0.25) is 0 Å². The van der Waals surface area contributed by atoms with E-state index < -0.39 is 0 Å². The summed E-state index contributed by atoms with van der Waals surface area (Å²) in [5, 5.41) is 3.93. The third kappa shape index (κ3) is 4.98. The molecule has 4 heteroatoms. The molecule has 0 unspecified atom stereocenters. The molecule has 1 N–H and O–H groups in total. The standard InChI is InChI=1S/C15H26ClN3/c1-10(2)8-7-9-17-13-11(3)12(16)18-14(19-13)15(4,5)6/h10H,7-9H2,1-6H3,(H,17,18,19). The van der Waals surface area contributed by atoms with Gasteiger partial charge in [0, 0.05) is 17.5 Å². The molecule has 0 aliphatic rings. The van der Waals surface area contributed by atoms with Crippen LogP contribution in [0.1, 0.15) is 58.8 Å². The summed E-state index contributed by atoms with van der Waals surface area (Å²) >= 11 is 6.20. The fraction of sp³-hybridized carbons (Fsp3) is 0.733. The quantitative estimate of drug-likeness (QED) is 0.635. The fourth-order valence-electron chi connectivity index (χ4n) is 1.71. The summed E-state index contributed by atoms with van der Waals surface area (Å²) in [6, 6.07) is 0. The number of nitrogens with zero attached hydrogens (tertiary/aromatic N) is 2. The lowest BCUT2D eigenvalue weighted by molar-refractivity contribution is 0.544. The molecule has 0 aliphatic carbocycles. The van der Waals surface area contributed by atoms with Crippen molar-refractivity contribution in [1.82, 2.24) is 9.97 Å². The maximum Gasteiger partial charge on any atom is 0.137 e. The Labute approximate surface area is 122 Å². The van der Waals surface area contributed by atoms with E-state index in [9.17, 15) is 0 Å². The molecule has 0 saturated carbocycles. The molecule has 108 valence electrons. The van der Waals surface area contributed by atoms with Crippen molar-refractivity contribution in [2.24, 2.45) is 5.92 Å². The van der Waals surface area contributed by atoms with E-state index >= 15 is 0 Å². The van der Waals surface area contributed by atoms with E-state index in [0.717, 1.165) is 36.1 Å². The van der Waals surface area contributed by atoms with Crippen LogP contribution >= 0.6 is 11.6 Å². The Morgan fingerprint density at radius 3 is 2.37 bits per heavy atom. The van der Waals surface area contributed by atoms with Crippen LogP contribution in [0.5, 0.6) is 0 Å². The van der Waals surface area contributed by atoms with Gasteiger partial charge in [0.1, 0.15) is 16.8 Å². The highest BCUT2D eigenvalue weighted by Crippen LogP contribution is 2.26. The Hall–Kier alpha value is -0.830. The molecule has 1 aromatic heterocycles. The van der Waals surface area contributed by atoms with Gasteiger partial charge in [0.2, 0.25) is 0 Å². The molecule has 0 bridgehead atoms. The van der Waals surface area contributed by atoms with Gasteiger partial charge in [0.25, 0.3) is 0 Å². The minimum atomic E-state index is -0.0916. The molecule has 0 spiro atoms. The lowest BCUT2D eigenvalue weighted by Gasteiger charge is -2.19. The molecule has 3 nitrogen and oxygen atoms in total. The number of rotatable bonds is 5. The first-order chi connectivity index (χ1) is 8.71. The fourth-order valence-corrected chi connectivity index (χ4v) is 1.88. The molecule has 1 rings (SSSR count). The van der Waals surface area contributed by atoms with Gasteiger partial charge in [-0.2, -0.15) is 0 Å². The summed E-state index contributed by atoms with van der Waals surface area (Å²) < 4.78 is 0. The van der Waals surface area contributed by atoms with Crippen LogP contribution in [0.2, 0.25) is 5.15 Å². The van der Waals surface area contributed by atoms with Gasteiger partial charge in [-0.1, -0.05) is 46.2 Å². The highest BCUT2D eigenvalue weighted by atomic mass is 35.5. The summed E-state index contributed by atoms with van der Waals surface area (Å²) in [6.07, 6.45) is 2.36. The van der Waals surface area contributed by atoms with Gasteiger partial charge in [0.15, 0.2) is 0 Å². The smallest absolute Gasteiger partial charge is 0.137 e. The van der Waals surface area contributed by atoms with Crippen LogP contribution in [0.25, 0.3) is 0 Å². The summed E-state index contributed by atoms with van der Waals surface area (Å²) in [6.45, 7) is 13.6. The topological polar surface area (TPSA) is 37.8 Å². The minimum absolute atomic E-state index is 0.0916. The van der Waals surface area contributed by atoms with Crippen LogP contribution in [-0.4, -0.2) is 16.5 Å². The molecule has 1 heterocycles. The van der Waals surface area contributed by atoms with Gasteiger partial charge >= 0.3 is 0 Å². The molecule has 0 saturated heterocycles. The van der Waals surface area contributed by atoms with Gasteiger partial charge < -0.3 is 5.32 Å². The Bertz CT molecular complexity index is 422. The van der Waals surface area contributed by atoms with E-state index in [1.165, 1.54) is 6.42 Å². The molecule has 0 fully saturated rings. The largest absolute Gasteiger partial charge is 0.370 e. The minimum Gasteiger partial charge on any atom is -0.370 e. The molecule has 19 heavy (non-hydrogen) atoms. The van der Waals surface area contributed by atoms with Crippen LogP contribution < -0.4 is 5.32 Å². The zero-order valence-corrected chi connectivity index (χ0v) is 13.7. The summed E-state index contributed by atoms with van der Waals surface area (Å²) in [7, 11) is 0. The Balaban J connectivity index is 2.79. The Kier molecular flexibility index (Phi) is 5.60. The van der Waals surface area contributed by atoms with Crippen LogP contribution in [-0.2, 0) is 5.41 Å². The number of aromatic nitrogens is 2. The molecule has 1 aromatic rings. The zero-order chi connectivity index (χ0) is 14.6. The SMILES string of the molecule is Cc1c(Cl)nc(C(C)(C)C)nc1NCCCC(C)C.